The SMILES string of the molecule is CC(C)n1nccc1C(=O)c1ccc(N)c(F)c1. The Labute approximate surface area is 104 Å². The molecule has 0 atom stereocenters. The van der Waals surface area contributed by atoms with Crippen LogP contribution in [0.5, 0.6) is 0 Å². The Morgan fingerprint density at radius 1 is 1.39 bits per heavy atom. The molecule has 1 aromatic heterocycles. The van der Waals surface area contributed by atoms with Crippen molar-refractivity contribution in [1.82, 2.24) is 9.78 Å². The minimum Gasteiger partial charge on any atom is -0.396 e. The second-order valence-electron chi connectivity index (χ2n) is 4.32. The lowest BCUT2D eigenvalue weighted by Gasteiger charge is -2.10. The van der Waals surface area contributed by atoms with Crippen LogP contribution in [0.1, 0.15) is 35.9 Å². The van der Waals surface area contributed by atoms with Crippen LogP contribution >= 0.6 is 0 Å². The van der Waals surface area contributed by atoms with E-state index in [1.807, 2.05) is 13.8 Å². The van der Waals surface area contributed by atoms with Crippen LogP contribution in [-0.2, 0) is 0 Å². The lowest BCUT2D eigenvalue weighted by atomic mass is 10.1. The number of rotatable bonds is 3. The van der Waals surface area contributed by atoms with E-state index in [1.165, 1.54) is 12.1 Å². The molecule has 0 bridgehead atoms. The van der Waals surface area contributed by atoms with Crippen LogP contribution in [-0.4, -0.2) is 15.6 Å². The first-order chi connectivity index (χ1) is 8.50. The van der Waals surface area contributed by atoms with Crippen LogP contribution in [0.3, 0.4) is 0 Å². The van der Waals surface area contributed by atoms with E-state index in [0.29, 0.717) is 5.69 Å². The van der Waals surface area contributed by atoms with Gasteiger partial charge in [-0.3, -0.25) is 9.48 Å². The smallest absolute Gasteiger partial charge is 0.211 e. The first-order valence-corrected chi connectivity index (χ1v) is 5.64. The quantitative estimate of drug-likeness (QED) is 0.669. The average Bonchev–Trinajstić information content (AvgIpc) is 2.81. The second-order valence-corrected chi connectivity index (χ2v) is 4.32. The van der Waals surface area contributed by atoms with E-state index in [0.717, 1.165) is 6.07 Å². The Morgan fingerprint density at radius 3 is 2.72 bits per heavy atom. The molecule has 0 aliphatic carbocycles. The fourth-order valence-electron chi connectivity index (χ4n) is 1.72. The minimum atomic E-state index is -0.587. The molecule has 2 aromatic rings. The summed E-state index contributed by atoms with van der Waals surface area (Å²) >= 11 is 0. The van der Waals surface area contributed by atoms with Gasteiger partial charge in [-0.15, -0.1) is 0 Å². The van der Waals surface area contributed by atoms with Gasteiger partial charge in [0, 0.05) is 17.8 Å². The molecule has 5 heteroatoms. The number of hydrogen-bond donors (Lipinski definition) is 1. The molecule has 18 heavy (non-hydrogen) atoms. The molecule has 0 saturated heterocycles. The maximum atomic E-state index is 13.3. The molecule has 1 heterocycles. The van der Waals surface area contributed by atoms with Gasteiger partial charge in [-0.05, 0) is 38.1 Å². The minimum absolute atomic E-state index is 0.0314. The summed E-state index contributed by atoms with van der Waals surface area (Å²) in [5.41, 5.74) is 6.12. The number of nitrogens with two attached hydrogens (primary N) is 1. The van der Waals surface area contributed by atoms with Gasteiger partial charge in [0.05, 0.1) is 5.69 Å². The number of ketones is 1. The molecule has 0 amide bonds. The van der Waals surface area contributed by atoms with Crippen LogP contribution in [0.4, 0.5) is 10.1 Å². The molecule has 1 aromatic carbocycles. The molecule has 2 N–H and O–H groups in total. The summed E-state index contributed by atoms with van der Waals surface area (Å²) in [5.74, 6) is -0.850. The molecule has 0 radical (unpaired) electrons. The molecule has 0 unspecified atom stereocenters. The zero-order valence-electron chi connectivity index (χ0n) is 10.2. The van der Waals surface area contributed by atoms with Gasteiger partial charge >= 0.3 is 0 Å². The van der Waals surface area contributed by atoms with E-state index in [9.17, 15) is 9.18 Å². The molecule has 0 spiro atoms. The monoisotopic (exact) mass is 247 g/mol. The number of halogens is 1. The predicted molar refractivity (Wildman–Crippen MR) is 66.9 cm³/mol. The van der Waals surface area contributed by atoms with Crippen molar-refractivity contribution in [2.75, 3.05) is 5.73 Å². The first kappa shape index (κ1) is 12.3. The fourth-order valence-corrected chi connectivity index (χ4v) is 1.72. The van der Waals surface area contributed by atoms with Gasteiger partial charge in [-0.25, -0.2) is 4.39 Å². The van der Waals surface area contributed by atoms with Crippen molar-refractivity contribution in [1.29, 1.82) is 0 Å². The van der Waals surface area contributed by atoms with E-state index < -0.39 is 5.82 Å². The molecule has 94 valence electrons. The Bertz CT molecular complexity index is 590. The number of carbonyl (C=O) groups excluding carboxylic acids is 1. The van der Waals surface area contributed by atoms with Gasteiger partial charge in [0.25, 0.3) is 0 Å². The first-order valence-electron chi connectivity index (χ1n) is 5.64. The molecule has 2 rings (SSSR count). The van der Waals surface area contributed by atoms with Crippen LogP contribution < -0.4 is 5.73 Å². The van der Waals surface area contributed by atoms with Crippen molar-refractivity contribution in [3.63, 3.8) is 0 Å². The van der Waals surface area contributed by atoms with Crippen molar-refractivity contribution in [3.8, 4) is 0 Å². The van der Waals surface area contributed by atoms with E-state index in [4.69, 9.17) is 5.73 Å². The van der Waals surface area contributed by atoms with Crippen LogP contribution in [0, 0.1) is 5.82 Å². The standard InChI is InChI=1S/C13H14FN3O/c1-8(2)17-12(5-6-16-17)13(18)9-3-4-11(15)10(14)7-9/h3-8H,15H2,1-2H3. The number of nitrogens with zero attached hydrogens (tertiary/aromatic N) is 2. The Morgan fingerprint density at radius 2 is 2.11 bits per heavy atom. The highest BCUT2D eigenvalue weighted by atomic mass is 19.1. The summed E-state index contributed by atoms with van der Waals surface area (Å²) in [6.07, 6.45) is 1.56. The van der Waals surface area contributed by atoms with E-state index in [2.05, 4.69) is 5.10 Å². The van der Waals surface area contributed by atoms with Crippen LogP contribution in [0.15, 0.2) is 30.5 Å². The average molecular weight is 247 g/mol. The third-order valence-corrected chi connectivity index (χ3v) is 2.65. The number of aromatic nitrogens is 2. The van der Waals surface area contributed by atoms with E-state index >= 15 is 0 Å². The molecule has 0 aliphatic heterocycles. The van der Waals surface area contributed by atoms with Gasteiger partial charge < -0.3 is 5.73 Å². The molecule has 0 fully saturated rings. The highest BCUT2D eigenvalue weighted by molar-refractivity contribution is 6.08. The van der Waals surface area contributed by atoms with E-state index in [1.54, 1.807) is 16.9 Å². The lowest BCUT2D eigenvalue weighted by Crippen LogP contribution is -2.13. The molecule has 0 aliphatic rings. The van der Waals surface area contributed by atoms with Crippen molar-refractivity contribution < 1.29 is 9.18 Å². The third-order valence-electron chi connectivity index (χ3n) is 2.65. The zero-order chi connectivity index (χ0) is 13.3. The largest absolute Gasteiger partial charge is 0.396 e. The summed E-state index contributed by atoms with van der Waals surface area (Å²) in [6, 6.07) is 5.74. The van der Waals surface area contributed by atoms with Crippen LogP contribution in [0.2, 0.25) is 0 Å². The lowest BCUT2D eigenvalue weighted by molar-refractivity contribution is 0.102. The number of hydrogen-bond acceptors (Lipinski definition) is 3. The summed E-state index contributed by atoms with van der Waals surface area (Å²) in [7, 11) is 0. The van der Waals surface area contributed by atoms with Gasteiger partial charge in [0.2, 0.25) is 5.78 Å². The van der Waals surface area contributed by atoms with Gasteiger partial charge in [0.1, 0.15) is 11.5 Å². The van der Waals surface area contributed by atoms with Crippen molar-refractivity contribution >= 4 is 11.5 Å². The maximum absolute atomic E-state index is 13.3. The molecular weight excluding hydrogens is 233 g/mol. The van der Waals surface area contributed by atoms with Gasteiger partial charge in [0.15, 0.2) is 0 Å². The summed E-state index contributed by atoms with van der Waals surface area (Å²) < 4.78 is 14.9. The van der Waals surface area contributed by atoms with Crippen LogP contribution in [0.25, 0.3) is 0 Å². The molecule has 0 saturated carbocycles. The summed E-state index contributed by atoms with van der Waals surface area (Å²) in [4.78, 5) is 12.2. The maximum Gasteiger partial charge on any atom is 0.211 e. The summed E-state index contributed by atoms with van der Waals surface area (Å²) in [6.45, 7) is 3.85. The van der Waals surface area contributed by atoms with Gasteiger partial charge in [-0.1, -0.05) is 0 Å². The topological polar surface area (TPSA) is 60.9 Å². The third kappa shape index (κ3) is 2.11. The predicted octanol–water partition coefficient (Wildman–Crippen LogP) is 2.42. The van der Waals surface area contributed by atoms with Gasteiger partial charge in [-0.2, -0.15) is 5.10 Å². The van der Waals surface area contributed by atoms with Crippen molar-refractivity contribution in [3.05, 3.63) is 47.5 Å². The normalized spacial score (nSPS) is 10.9. The highest BCUT2D eigenvalue weighted by Crippen LogP contribution is 2.17. The second kappa shape index (κ2) is 4.60. The van der Waals surface area contributed by atoms with Crippen molar-refractivity contribution in [2.24, 2.45) is 0 Å². The Balaban J connectivity index is 2.42. The number of nitrogen functional groups attached to an aromatic ring is 1. The Kier molecular flexibility index (Phi) is 3.14. The molecular formula is C13H14FN3O. The Hall–Kier alpha value is -2.17. The van der Waals surface area contributed by atoms with Crippen molar-refractivity contribution in [2.45, 2.75) is 19.9 Å². The summed E-state index contributed by atoms with van der Waals surface area (Å²) in [5, 5.41) is 4.08. The van der Waals surface area contributed by atoms with E-state index in [-0.39, 0.29) is 23.1 Å². The highest BCUT2D eigenvalue weighted by Gasteiger charge is 2.16. The zero-order valence-corrected chi connectivity index (χ0v) is 10.2. The number of carbonyl (C=O) groups is 1. The number of benzene rings is 1. The fraction of sp³-hybridized carbons (Fsp3) is 0.231. The number of anilines is 1. The molecule has 4 nitrogen and oxygen atoms in total.